The van der Waals surface area contributed by atoms with E-state index in [1.54, 1.807) is 17.5 Å². The fourth-order valence-electron chi connectivity index (χ4n) is 1.51. The summed E-state index contributed by atoms with van der Waals surface area (Å²) in [5.41, 5.74) is 1.32. The summed E-state index contributed by atoms with van der Waals surface area (Å²) < 4.78 is 2.00. The number of aryl methyl sites for hydroxylation is 2. The summed E-state index contributed by atoms with van der Waals surface area (Å²) in [6.45, 7) is 2.12. The van der Waals surface area contributed by atoms with Gasteiger partial charge in [0.25, 0.3) is 0 Å². The summed E-state index contributed by atoms with van der Waals surface area (Å²) in [6, 6.07) is 2.13. The van der Waals surface area contributed by atoms with Gasteiger partial charge in [-0.1, -0.05) is 0 Å². The van der Waals surface area contributed by atoms with Gasteiger partial charge in [0.2, 0.25) is 0 Å². The van der Waals surface area contributed by atoms with Gasteiger partial charge in [-0.15, -0.1) is 11.3 Å². The first-order valence-electron chi connectivity index (χ1n) is 6.75. The Balaban J connectivity index is 0.000000257. The molecule has 2 rings (SSSR count). The Morgan fingerprint density at radius 3 is 2.17 bits per heavy atom. The molecule has 2 aromatic heterocycles. The number of aliphatic hydroxyl groups is 2. The Morgan fingerprint density at radius 2 is 1.79 bits per heavy atom. The molecule has 0 aromatic carbocycles. The van der Waals surface area contributed by atoms with Gasteiger partial charge in [0.15, 0.2) is 12.2 Å². The second-order valence-electron chi connectivity index (χ2n) is 4.76. The molecular weight excluding hydrogens is 336 g/mol. The average Bonchev–Trinajstić information content (AvgIpc) is 3.12. The van der Waals surface area contributed by atoms with Gasteiger partial charge in [-0.05, 0) is 36.1 Å². The zero-order chi connectivity index (χ0) is 18.3. The Hall–Kier alpha value is -2.49. The van der Waals surface area contributed by atoms with Crippen LogP contribution in [-0.4, -0.2) is 54.1 Å². The van der Waals surface area contributed by atoms with E-state index in [1.165, 1.54) is 10.4 Å². The van der Waals surface area contributed by atoms with Crippen LogP contribution in [0.4, 0.5) is 0 Å². The third kappa shape index (κ3) is 5.61. The summed E-state index contributed by atoms with van der Waals surface area (Å²) in [7, 11) is 1.99. The lowest BCUT2D eigenvalue weighted by Crippen LogP contribution is -2.39. The van der Waals surface area contributed by atoms with E-state index in [0.29, 0.717) is 0 Å². The van der Waals surface area contributed by atoms with E-state index >= 15 is 0 Å². The van der Waals surface area contributed by atoms with Crippen molar-refractivity contribution in [2.45, 2.75) is 19.1 Å². The number of aromatic nitrogens is 2. The molecule has 0 saturated carbocycles. The fraction of sp³-hybridized carbons (Fsp3) is 0.267. The lowest BCUT2D eigenvalue weighted by molar-refractivity contribution is -0.165. The van der Waals surface area contributed by atoms with Gasteiger partial charge in [0.05, 0.1) is 0 Å². The summed E-state index contributed by atoms with van der Waals surface area (Å²) >= 11 is 1.75. The molecule has 2 heterocycles. The third-order valence-corrected chi connectivity index (χ3v) is 3.93. The minimum Gasteiger partial charge on any atom is -0.479 e. The van der Waals surface area contributed by atoms with Crippen molar-refractivity contribution < 1.29 is 30.0 Å². The van der Waals surface area contributed by atoms with E-state index < -0.39 is 24.1 Å². The Kier molecular flexibility index (Phi) is 7.31. The molecule has 2 atom stereocenters. The Bertz CT molecular complexity index is 661. The topological polar surface area (TPSA) is 133 Å². The second-order valence-corrected chi connectivity index (χ2v) is 5.71. The average molecular weight is 354 g/mol. The number of imidazole rings is 1. The van der Waals surface area contributed by atoms with Crippen molar-refractivity contribution in [3.63, 3.8) is 0 Å². The van der Waals surface area contributed by atoms with Crippen molar-refractivity contribution in [2.24, 2.45) is 7.05 Å². The Morgan fingerprint density at radius 1 is 1.21 bits per heavy atom. The molecule has 9 heteroatoms. The molecule has 0 aliphatic heterocycles. The fourth-order valence-corrected chi connectivity index (χ4v) is 2.33. The standard InChI is InChI=1S/C11H12N2S.C4H6O6/c1-9-5-8-14-10(9)3-4-11-12-6-7-13(11)2;5-1(3(7)8)2(6)4(9)10/h3-8H,1-2H3;1-2,5-6H,(H,7,8)(H,9,10). The van der Waals surface area contributed by atoms with Gasteiger partial charge in [-0.2, -0.15) is 0 Å². The van der Waals surface area contributed by atoms with Crippen LogP contribution in [0.25, 0.3) is 12.2 Å². The molecule has 0 bridgehead atoms. The van der Waals surface area contributed by atoms with Gasteiger partial charge >= 0.3 is 11.9 Å². The van der Waals surface area contributed by atoms with Crippen LogP contribution in [0, 0.1) is 6.92 Å². The van der Waals surface area contributed by atoms with Crippen molar-refractivity contribution in [2.75, 3.05) is 0 Å². The molecule has 0 amide bonds. The van der Waals surface area contributed by atoms with E-state index in [0.717, 1.165) is 5.82 Å². The predicted molar refractivity (Wildman–Crippen MR) is 88.5 cm³/mol. The second kappa shape index (κ2) is 8.96. The summed E-state index contributed by atoms with van der Waals surface area (Å²) in [5, 5.41) is 34.6. The van der Waals surface area contributed by atoms with Gasteiger partial charge in [-0.3, -0.25) is 0 Å². The van der Waals surface area contributed by atoms with Gasteiger partial charge < -0.3 is 25.0 Å². The van der Waals surface area contributed by atoms with Crippen LogP contribution in [0.15, 0.2) is 23.8 Å². The maximum Gasteiger partial charge on any atom is 0.335 e. The highest BCUT2D eigenvalue weighted by Crippen LogP contribution is 2.18. The van der Waals surface area contributed by atoms with Crippen LogP contribution in [0.3, 0.4) is 0 Å². The van der Waals surface area contributed by atoms with Crippen molar-refractivity contribution in [1.29, 1.82) is 0 Å². The quantitative estimate of drug-likeness (QED) is 0.625. The normalized spacial score (nSPS) is 13.2. The lowest BCUT2D eigenvalue weighted by Gasteiger charge is -2.07. The molecule has 0 saturated heterocycles. The maximum atomic E-state index is 9.77. The number of rotatable bonds is 5. The molecule has 4 N–H and O–H groups in total. The van der Waals surface area contributed by atoms with E-state index in [-0.39, 0.29) is 0 Å². The molecule has 0 aliphatic carbocycles. The number of thiophene rings is 1. The molecule has 2 aromatic rings. The van der Waals surface area contributed by atoms with Crippen LogP contribution in [0.2, 0.25) is 0 Å². The molecule has 0 fully saturated rings. The SMILES string of the molecule is Cc1ccsc1C=Cc1nccn1C.O=C(O)C(O)C(O)C(=O)O. The highest BCUT2D eigenvalue weighted by molar-refractivity contribution is 7.11. The highest BCUT2D eigenvalue weighted by atomic mass is 32.1. The van der Waals surface area contributed by atoms with Crippen LogP contribution in [-0.2, 0) is 16.6 Å². The van der Waals surface area contributed by atoms with E-state index in [9.17, 15) is 9.59 Å². The van der Waals surface area contributed by atoms with E-state index in [1.807, 2.05) is 23.9 Å². The number of carbonyl (C=O) groups is 2. The molecule has 0 aliphatic rings. The number of hydrogen-bond donors (Lipinski definition) is 4. The molecule has 130 valence electrons. The first-order valence-corrected chi connectivity index (χ1v) is 7.63. The monoisotopic (exact) mass is 354 g/mol. The lowest BCUT2D eigenvalue weighted by atomic mass is 10.2. The number of aliphatic hydroxyl groups excluding tert-OH is 2. The number of carboxylic acids is 2. The largest absolute Gasteiger partial charge is 0.479 e. The van der Waals surface area contributed by atoms with Crippen molar-refractivity contribution in [1.82, 2.24) is 9.55 Å². The van der Waals surface area contributed by atoms with Crippen LogP contribution in [0.1, 0.15) is 16.3 Å². The number of nitrogens with zero attached hydrogens (tertiary/aromatic N) is 2. The van der Waals surface area contributed by atoms with Crippen LogP contribution < -0.4 is 0 Å². The molecule has 2 unspecified atom stereocenters. The van der Waals surface area contributed by atoms with Crippen LogP contribution >= 0.6 is 11.3 Å². The molecule has 0 radical (unpaired) electrons. The summed E-state index contributed by atoms with van der Waals surface area (Å²) in [4.78, 5) is 25.1. The van der Waals surface area contributed by atoms with Crippen LogP contribution in [0.5, 0.6) is 0 Å². The van der Waals surface area contributed by atoms with E-state index in [2.05, 4.69) is 29.4 Å². The highest BCUT2D eigenvalue weighted by Gasteiger charge is 2.29. The zero-order valence-electron chi connectivity index (χ0n) is 13.0. The first-order chi connectivity index (χ1) is 11.2. The number of hydrogen-bond acceptors (Lipinski definition) is 6. The minimum absolute atomic E-state index is 0.984. The van der Waals surface area contributed by atoms with Gasteiger partial charge in [0.1, 0.15) is 5.82 Å². The third-order valence-electron chi connectivity index (χ3n) is 2.95. The number of carboxylic acid groups (broad SMARTS) is 2. The zero-order valence-corrected chi connectivity index (χ0v) is 13.8. The Labute approximate surface area is 142 Å². The molecular formula is C15H18N2O6S. The summed E-state index contributed by atoms with van der Waals surface area (Å²) in [6.07, 6.45) is 3.37. The van der Waals surface area contributed by atoms with Crippen molar-refractivity contribution in [3.05, 3.63) is 40.1 Å². The maximum absolute atomic E-state index is 9.77. The van der Waals surface area contributed by atoms with Crippen molar-refractivity contribution >= 4 is 35.4 Å². The molecule has 0 spiro atoms. The predicted octanol–water partition coefficient (Wildman–Crippen LogP) is 0.838. The first kappa shape index (κ1) is 19.6. The molecule has 8 nitrogen and oxygen atoms in total. The molecule has 24 heavy (non-hydrogen) atoms. The van der Waals surface area contributed by atoms with Crippen molar-refractivity contribution in [3.8, 4) is 0 Å². The summed E-state index contributed by atoms with van der Waals surface area (Å²) in [5.74, 6) is -2.55. The smallest absolute Gasteiger partial charge is 0.335 e. The number of aliphatic carboxylic acids is 2. The van der Waals surface area contributed by atoms with E-state index in [4.69, 9.17) is 20.4 Å². The van der Waals surface area contributed by atoms with Gasteiger partial charge in [-0.25, -0.2) is 14.6 Å². The minimum atomic E-state index is -2.27. The van der Waals surface area contributed by atoms with Gasteiger partial charge in [0, 0.05) is 24.3 Å².